The number of rotatable bonds is 4. The van der Waals surface area contributed by atoms with Gasteiger partial charge in [-0.25, -0.2) is 0 Å². The molecule has 3 atom stereocenters. The summed E-state index contributed by atoms with van der Waals surface area (Å²) in [7, 11) is 1.59. The van der Waals surface area contributed by atoms with E-state index < -0.39 is 0 Å². The van der Waals surface area contributed by atoms with E-state index >= 15 is 0 Å². The molecule has 3 unspecified atom stereocenters. The Kier molecular flexibility index (Phi) is 5.57. The van der Waals surface area contributed by atoms with Gasteiger partial charge >= 0.3 is 0 Å². The van der Waals surface area contributed by atoms with Crippen molar-refractivity contribution in [1.82, 2.24) is 10.2 Å². The summed E-state index contributed by atoms with van der Waals surface area (Å²) >= 11 is 0. The van der Waals surface area contributed by atoms with E-state index in [9.17, 15) is 9.59 Å². The molecule has 1 aliphatic carbocycles. The molecule has 0 spiro atoms. The Morgan fingerprint density at radius 1 is 1.35 bits per heavy atom. The van der Waals surface area contributed by atoms with Gasteiger partial charge in [-0.05, 0) is 31.1 Å². The molecule has 5 heteroatoms. The van der Waals surface area contributed by atoms with Crippen molar-refractivity contribution in [3.63, 3.8) is 0 Å². The Hall–Kier alpha value is -1.10. The molecule has 2 amide bonds. The Morgan fingerprint density at radius 3 is 2.45 bits per heavy atom. The van der Waals surface area contributed by atoms with Gasteiger partial charge in [0, 0.05) is 25.6 Å². The highest BCUT2D eigenvalue weighted by Crippen LogP contribution is 2.45. The molecule has 5 nitrogen and oxygen atoms in total. The average molecular weight is 283 g/mol. The third kappa shape index (κ3) is 3.32. The summed E-state index contributed by atoms with van der Waals surface area (Å²) in [5, 5.41) is 2.57. The van der Waals surface area contributed by atoms with Gasteiger partial charge in [0.15, 0.2) is 0 Å². The van der Waals surface area contributed by atoms with Crippen LogP contribution in [-0.4, -0.2) is 42.9 Å². The quantitative estimate of drug-likeness (QED) is 0.807. The Bertz CT molecular complexity index is 368. The van der Waals surface area contributed by atoms with Gasteiger partial charge in [-0.1, -0.05) is 20.8 Å². The first-order valence-electron chi connectivity index (χ1n) is 7.50. The minimum atomic E-state index is -0.134. The maximum absolute atomic E-state index is 12.8. The molecule has 1 fully saturated rings. The predicted octanol–water partition coefficient (Wildman–Crippen LogP) is 0.981. The van der Waals surface area contributed by atoms with E-state index in [1.807, 2.05) is 6.92 Å². The Labute approximate surface area is 122 Å². The number of nitrogens with two attached hydrogens (primary N) is 1. The second kappa shape index (κ2) is 6.57. The van der Waals surface area contributed by atoms with Crippen LogP contribution in [0.4, 0.5) is 0 Å². The molecule has 0 radical (unpaired) electrons. The molecule has 3 N–H and O–H groups in total. The number of likely N-dealkylation sites (N-methyl/N-ethyl adjacent to an activating group) is 2. The lowest BCUT2D eigenvalue weighted by molar-refractivity contribution is -0.146. The van der Waals surface area contributed by atoms with E-state index in [4.69, 9.17) is 5.73 Å². The van der Waals surface area contributed by atoms with E-state index in [0.29, 0.717) is 12.5 Å². The van der Waals surface area contributed by atoms with Crippen LogP contribution in [0.2, 0.25) is 0 Å². The molecular formula is C15H29N3O2. The minimum absolute atomic E-state index is 0.0538. The molecule has 0 aromatic rings. The van der Waals surface area contributed by atoms with Crippen LogP contribution < -0.4 is 11.1 Å². The molecule has 0 heterocycles. The lowest BCUT2D eigenvalue weighted by Gasteiger charge is -2.47. The summed E-state index contributed by atoms with van der Waals surface area (Å²) in [5.74, 6) is 0.198. The number of carbonyl (C=O) groups excluding carboxylic acids is 2. The van der Waals surface area contributed by atoms with Crippen LogP contribution in [0.5, 0.6) is 0 Å². The van der Waals surface area contributed by atoms with Gasteiger partial charge < -0.3 is 16.0 Å². The van der Waals surface area contributed by atoms with Crippen molar-refractivity contribution in [1.29, 1.82) is 0 Å². The maximum atomic E-state index is 12.8. The predicted molar refractivity (Wildman–Crippen MR) is 80.0 cm³/mol. The number of nitrogens with zero attached hydrogens (tertiary/aromatic N) is 1. The zero-order valence-corrected chi connectivity index (χ0v) is 13.4. The van der Waals surface area contributed by atoms with Crippen LogP contribution in [0.3, 0.4) is 0 Å². The monoisotopic (exact) mass is 283 g/mol. The second-order valence-corrected chi connectivity index (χ2v) is 6.43. The number of hydrogen-bond donors (Lipinski definition) is 2. The van der Waals surface area contributed by atoms with E-state index in [0.717, 1.165) is 12.8 Å². The van der Waals surface area contributed by atoms with Crippen LogP contribution in [0.1, 0.15) is 40.5 Å². The molecule has 116 valence electrons. The molecular weight excluding hydrogens is 254 g/mol. The molecule has 1 aliphatic rings. The summed E-state index contributed by atoms with van der Waals surface area (Å²) in [6.45, 7) is 8.96. The third-order valence-electron chi connectivity index (χ3n) is 5.11. The molecule has 0 saturated heterocycles. The van der Waals surface area contributed by atoms with E-state index in [-0.39, 0.29) is 35.7 Å². The first kappa shape index (κ1) is 17.0. The molecule has 0 bridgehead atoms. The van der Waals surface area contributed by atoms with Gasteiger partial charge in [0.1, 0.15) is 0 Å². The van der Waals surface area contributed by atoms with Crippen molar-refractivity contribution in [3.8, 4) is 0 Å². The summed E-state index contributed by atoms with van der Waals surface area (Å²) in [6.07, 6.45) is 1.68. The van der Waals surface area contributed by atoms with E-state index in [1.54, 1.807) is 11.9 Å². The second-order valence-electron chi connectivity index (χ2n) is 6.43. The van der Waals surface area contributed by atoms with Crippen LogP contribution in [0, 0.1) is 17.3 Å². The molecule has 0 aromatic heterocycles. The van der Waals surface area contributed by atoms with Crippen molar-refractivity contribution in [2.24, 2.45) is 23.0 Å². The van der Waals surface area contributed by atoms with Gasteiger partial charge in [0.05, 0.1) is 6.54 Å². The lowest BCUT2D eigenvalue weighted by atomic mass is 9.60. The van der Waals surface area contributed by atoms with Crippen molar-refractivity contribution in [2.45, 2.75) is 46.6 Å². The fraction of sp³-hybridized carbons (Fsp3) is 0.867. The van der Waals surface area contributed by atoms with Crippen LogP contribution in [0.25, 0.3) is 0 Å². The fourth-order valence-corrected chi connectivity index (χ4v) is 3.11. The van der Waals surface area contributed by atoms with Crippen molar-refractivity contribution in [2.75, 3.05) is 20.1 Å². The third-order valence-corrected chi connectivity index (χ3v) is 5.11. The normalized spacial score (nSPS) is 28.8. The zero-order valence-electron chi connectivity index (χ0n) is 13.4. The zero-order chi connectivity index (χ0) is 15.5. The van der Waals surface area contributed by atoms with E-state index in [1.165, 1.54) is 0 Å². The van der Waals surface area contributed by atoms with Crippen molar-refractivity contribution >= 4 is 11.8 Å². The van der Waals surface area contributed by atoms with Crippen LogP contribution in [0.15, 0.2) is 0 Å². The van der Waals surface area contributed by atoms with Crippen LogP contribution >= 0.6 is 0 Å². The molecule has 1 rings (SSSR count). The van der Waals surface area contributed by atoms with Crippen LogP contribution in [-0.2, 0) is 9.59 Å². The highest BCUT2D eigenvalue weighted by atomic mass is 16.2. The highest BCUT2D eigenvalue weighted by molar-refractivity contribution is 5.86. The van der Waals surface area contributed by atoms with Gasteiger partial charge in [0.2, 0.25) is 11.8 Å². The number of hydrogen-bond acceptors (Lipinski definition) is 3. The highest BCUT2D eigenvalue weighted by Gasteiger charge is 2.46. The topological polar surface area (TPSA) is 75.4 Å². The van der Waals surface area contributed by atoms with Gasteiger partial charge in [0.25, 0.3) is 0 Å². The van der Waals surface area contributed by atoms with Gasteiger partial charge in [-0.3, -0.25) is 9.59 Å². The van der Waals surface area contributed by atoms with Gasteiger partial charge in [-0.15, -0.1) is 0 Å². The first-order valence-corrected chi connectivity index (χ1v) is 7.50. The molecule has 0 aliphatic heterocycles. The number of carbonyl (C=O) groups is 2. The SMILES string of the molecule is CCN(CC(=O)NC)C(=O)C1CCC(N)C(C)C1(C)C. The first-order chi connectivity index (χ1) is 9.25. The molecule has 20 heavy (non-hydrogen) atoms. The summed E-state index contributed by atoms with van der Waals surface area (Å²) in [4.78, 5) is 25.9. The maximum Gasteiger partial charge on any atom is 0.239 e. The Morgan fingerprint density at radius 2 is 1.95 bits per heavy atom. The standard InChI is InChI=1S/C15H29N3O2/c1-6-18(9-13(19)17-5)14(20)11-7-8-12(16)10(2)15(11,3)4/h10-12H,6-9,16H2,1-5H3,(H,17,19). The largest absolute Gasteiger partial charge is 0.358 e. The van der Waals surface area contributed by atoms with Crippen molar-refractivity contribution in [3.05, 3.63) is 0 Å². The fourth-order valence-electron chi connectivity index (χ4n) is 3.11. The van der Waals surface area contributed by atoms with E-state index in [2.05, 4.69) is 26.1 Å². The summed E-state index contributed by atoms with van der Waals surface area (Å²) < 4.78 is 0. The van der Waals surface area contributed by atoms with Gasteiger partial charge in [-0.2, -0.15) is 0 Å². The summed E-state index contributed by atoms with van der Waals surface area (Å²) in [5.41, 5.74) is 6.00. The molecule has 1 saturated carbocycles. The number of nitrogens with one attached hydrogen (secondary N) is 1. The number of amides is 2. The summed E-state index contributed by atoms with van der Waals surface area (Å²) in [6, 6.07) is 0.156. The van der Waals surface area contributed by atoms with Crippen molar-refractivity contribution < 1.29 is 9.59 Å². The average Bonchev–Trinajstić information content (AvgIpc) is 2.41. The smallest absolute Gasteiger partial charge is 0.239 e. The lowest BCUT2D eigenvalue weighted by Crippen LogP contribution is -2.53. The Balaban J connectivity index is 2.86. The molecule has 0 aromatic carbocycles. The minimum Gasteiger partial charge on any atom is -0.358 e.